The van der Waals surface area contributed by atoms with E-state index in [2.05, 4.69) is 11.4 Å². The molecule has 4 nitrogen and oxygen atoms in total. The molecule has 2 aliphatic heterocycles. The minimum Gasteiger partial charge on any atom is -0.507 e. The summed E-state index contributed by atoms with van der Waals surface area (Å²) in [5.74, 6) is 1.08. The predicted molar refractivity (Wildman–Crippen MR) is 108 cm³/mol. The summed E-state index contributed by atoms with van der Waals surface area (Å²) in [6, 6.07) is 13.4. The first-order valence-electron chi connectivity index (χ1n) is 8.74. The number of thiophene rings is 1. The van der Waals surface area contributed by atoms with E-state index in [4.69, 9.17) is 21.4 Å². The summed E-state index contributed by atoms with van der Waals surface area (Å²) in [6.45, 7) is 2.01. The van der Waals surface area contributed by atoms with E-state index in [-0.39, 0.29) is 18.0 Å². The lowest BCUT2D eigenvalue weighted by atomic mass is 9.95. The highest BCUT2D eigenvalue weighted by atomic mass is 35.5. The van der Waals surface area contributed by atoms with Crippen LogP contribution < -0.4 is 4.74 Å². The number of aromatic hydroxyl groups is 1. The smallest absolute Gasteiger partial charge is 0.214 e. The molecule has 2 aliphatic rings. The summed E-state index contributed by atoms with van der Waals surface area (Å²) in [5.41, 5.74) is 4.82. The van der Waals surface area contributed by atoms with Crippen molar-refractivity contribution in [2.45, 2.75) is 25.6 Å². The number of benzene rings is 2. The van der Waals surface area contributed by atoms with Gasteiger partial charge in [0.2, 0.25) is 6.23 Å². The first-order valence-corrected chi connectivity index (χ1v) is 10.1. The lowest BCUT2D eigenvalue weighted by Crippen LogP contribution is -2.33. The molecule has 0 saturated carbocycles. The number of hydrazone groups is 1. The van der Waals surface area contributed by atoms with Crippen molar-refractivity contribution in [1.82, 2.24) is 5.01 Å². The van der Waals surface area contributed by atoms with Crippen molar-refractivity contribution >= 4 is 28.6 Å². The van der Waals surface area contributed by atoms with Crippen molar-refractivity contribution in [3.05, 3.63) is 80.5 Å². The van der Waals surface area contributed by atoms with Gasteiger partial charge in [0, 0.05) is 28.1 Å². The SMILES string of the molecule is Cc1ccc(O)c(C2=NN3C(C2)c2cc(Cl)ccc2OC3c2ccsc2)c1. The molecule has 3 heterocycles. The van der Waals surface area contributed by atoms with E-state index in [1.54, 1.807) is 17.4 Å². The van der Waals surface area contributed by atoms with E-state index in [0.717, 1.165) is 33.7 Å². The normalized spacial score (nSPS) is 20.7. The second-order valence-corrected chi connectivity index (χ2v) is 8.09. The fourth-order valence-electron chi connectivity index (χ4n) is 3.74. The van der Waals surface area contributed by atoms with Gasteiger partial charge >= 0.3 is 0 Å². The zero-order chi connectivity index (χ0) is 18.5. The van der Waals surface area contributed by atoms with E-state index in [1.807, 2.05) is 47.6 Å². The summed E-state index contributed by atoms with van der Waals surface area (Å²) < 4.78 is 6.29. The molecule has 5 rings (SSSR count). The molecule has 27 heavy (non-hydrogen) atoms. The fourth-order valence-corrected chi connectivity index (χ4v) is 4.58. The van der Waals surface area contributed by atoms with Crippen molar-refractivity contribution in [2.24, 2.45) is 5.10 Å². The average molecular weight is 397 g/mol. The third kappa shape index (κ3) is 2.78. The van der Waals surface area contributed by atoms with Crippen molar-refractivity contribution in [1.29, 1.82) is 0 Å². The van der Waals surface area contributed by atoms with Crippen molar-refractivity contribution in [3.63, 3.8) is 0 Å². The molecule has 0 amide bonds. The second kappa shape index (κ2) is 6.29. The topological polar surface area (TPSA) is 45.1 Å². The van der Waals surface area contributed by atoms with Crippen LogP contribution in [0.3, 0.4) is 0 Å². The molecule has 0 radical (unpaired) electrons. The van der Waals surface area contributed by atoms with Crippen LogP contribution in [0.4, 0.5) is 0 Å². The highest BCUT2D eigenvalue weighted by Gasteiger charge is 2.41. The zero-order valence-electron chi connectivity index (χ0n) is 14.6. The van der Waals surface area contributed by atoms with Gasteiger partial charge in [-0.25, -0.2) is 5.01 Å². The molecular formula is C21H17ClN2O2S. The minimum atomic E-state index is -0.292. The van der Waals surface area contributed by atoms with E-state index in [1.165, 1.54) is 0 Å². The largest absolute Gasteiger partial charge is 0.507 e. The molecule has 1 N–H and O–H groups in total. The maximum atomic E-state index is 10.4. The van der Waals surface area contributed by atoms with Crippen LogP contribution in [0.15, 0.2) is 58.3 Å². The number of rotatable bonds is 2. The van der Waals surface area contributed by atoms with Gasteiger partial charge in [0.05, 0.1) is 11.8 Å². The van der Waals surface area contributed by atoms with Gasteiger partial charge in [-0.1, -0.05) is 23.2 Å². The molecule has 2 aromatic carbocycles. The van der Waals surface area contributed by atoms with Crippen molar-refractivity contribution in [2.75, 3.05) is 0 Å². The van der Waals surface area contributed by atoms with Gasteiger partial charge in [-0.3, -0.25) is 0 Å². The Morgan fingerprint density at radius 3 is 2.93 bits per heavy atom. The summed E-state index contributed by atoms with van der Waals surface area (Å²) in [4.78, 5) is 0. The van der Waals surface area contributed by atoms with Crippen LogP contribution in [0.25, 0.3) is 0 Å². The van der Waals surface area contributed by atoms with Gasteiger partial charge in [0.1, 0.15) is 11.5 Å². The van der Waals surface area contributed by atoms with Crippen molar-refractivity contribution in [3.8, 4) is 11.5 Å². The number of nitrogens with zero attached hydrogens (tertiary/aromatic N) is 2. The molecule has 3 aromatic rings. The molecular weight excluding hydrogens is 380 g/mol. The summed E-state index contributed by atoms with van der Waals surface area (Å²) >= 11 is 7.89. The number of aryl methyl sites for hydroxylation is 1. The number of ether oxygens (including phenoxy) is 1. The Morgan fingerprint density at radius 2 is 2.11 bits per heavy atom. The van der Waals surface area contributed by atoms with Crippen LogP contribution >= 0.6 is 22.9 Å². The van der Waals surface area contributed by atoms with E-state index in [0.29, 0.717) is 11.4 Å². The molecule has 0 spiro atoms. The maximum absolute atomic E-state index is 10.4. The summed E-state index contributed by atoms with van der Waals surface area (Å²) in [7, 11) is 0. The molecule has 0 fully saturated rings. The number of phenols is 1. The number of hydrogen-bond acceptors (Lipinski definition) is 5. The average Bonchev–Trinajstić information content (AvgIpc) is 3.33. The maximum Gasteiger partial charge on any atom is 0.214 e. The molecule has 0 bridgehead atoms. The molecule has 0 saturated heterocycles. The molecule has 1 aromatic heterocycles. The van der Waals surface area contributed by atoms with Gasteiger partial charge < -0.3 is 9.84 Å². The number of halogens is 1. The van der Waals surface area contributed by atoms with Crippen LogP contribution in [0.2, 0.25) is 5.02 Å². The van der Waals surface area contributed by atoms with E-state index < -0.39 is 0 Å². The number of fused-ring (bicyclic) bond motifs is 3. The summed E-state index contributed by atoms with van der Waals surface area (Å²) in [5, 5.41) is 22.0. The van der Waals surface area contributed by atoms with Crippen LogP contribution in [0, 0.1) is 6.92 Å². The van der Waals surface area contributed by atoms with E-state index >= 15 is 0 Å². The Bertz CT molecular complexity index is 1050. The first kappa shape index (κ1) is 16.7. The quantitative estimate of drug-likeness (QED) is 0.608. The Balaban J connectivity index is 1.63. The third-order valence-corrected chi connectivity index (χ3v) is 5.98. The van der Waals surface area contributed by atoms with Crippen molar-refractivity contribution < 1.29 is 9.84 Å². The van der Waals surface area contributed by atoms with Crippen LogP contribution in [-0.2, 0) is 0 Å². The molecule has 136 valence electrons. The third-order valence-electron chi connectivity index (χ3n) is 5.04. The molecule has 2 atom stereocenters. The van der Waals surface area contributed by atoms with Crippen LogP contribution in [-0.4, -0.2) is 15.8 Å². The predicted octanol–water partition coefficient (Wildman–Crippen LogP) is 5.66. The standard InChI is InChI=1S/C21H17ClN2O2S/c1-12-2-4-19(25)15(8-12)17-10-18-16-9-14(22)3-5-20(16)26-21(24(18)23-17)13-6-7-27-11-13/h2-9,11,18,21,25H,10H2,1H3. The van der Waals surface area contributed by atoms with Gasteiger partial charge in [0.15, 0.2) is 0 Å². The number of hydrogen-bond donors (Lipinski definition) is 1. The molecule has 2 unspecified atom stereocenters. The summed E-state index contributed by atoms with van der Waals surface area (Å²) in [6.07, 6.45) is 0.397. The van der Waals surface area contributed by atoms with Gasteiger partial charge in [0.25, 0.3) is 0 Å². The van der Waals surface area contributed by atoms with E-state index in [9.17, 15) is 5.11 Å². The monoisotopic (exact) mass is 396 g/mol. The lowest BCUT2D eigenvalue weighted by molar-refractivity contribution is -0.0187. The number of phenolic OH excluding ortho intramolecular Hbond substituents is 1. The van der Waals surface area contributed by atoms with Gasteiger partial charge in [-0.05, 0) is 54.1 Å². The lowest BCUT2D eigenvalue weighted by Gasteiger charge is -2.37. The Hall–Kier alpha value is -2.50. The highest BCUT2D eigenvalue weighted by Crippen LogP contribution is 2.48. The van der Waals surface area contributed by atoms with Gasteiger partial charge in [-0.15, -0.1) is 0 Å². The zero-order valence-corrected chi connectivity index (χ0v) is 16.2. The van der Waals surface area contributed by atoms with Crippen LogP contribution in [0.5, 0.6) is 11.5 Å². The Labute approximate surface area is 166 Å². The first-order chi connectivity index (χ1) is 13.1. The molecule has 6 heteroatoms. The highest BCUT2D eigenvalue weighted by molar-refractivity contribution is 7.07. The Kier molecular flexibility index (Phi) is 3.88. The fraction of sp³-hybridized carbons (Fsp3) is 0.190. The molecule has 0 aliphatic carbocycles. The Morgan fingerprint density at radius 1 is 1.22 bits per heavy atom. The van der Waals surface area contributed by atoms with Crippen LogP contribution in [0.1, 0.15) is 40.9 Å². The second-order valence-electron chi connectivity index (χ2n) is 6.88. The van der Waals surface area contributed by atoms with Gasteiger partial charge in [-0.2, -0.15) is 16.4 Å². The minimum absolute atomic E-state index is 0.0206.